The molecule has 1 fully saturated rings. The maximum Gasteiger partial charge on any atom is 0.296 e. The van der Waals surface area contributed by atoms with Gasteiger partial charge in [-0.05, 0) is 36.6 Å². The second kappa shape index (κ2) is 8.05. The van der Waals surface area contributed by atoms with Crippen LogP contribution in [0.1, 0.15) is 42.7 Å². The van der Waals surface area contributed by atoms with Crippen molar-refractivity contribution in [1.82, 2.24) is 25.3 Å². The molecule has 0 radical (unpaired) electrons. The molecule has 1 saturated heterocycles. The van der Waals surface area contributed by atoms with Crippen LogP contribution in [0.2, 0.25) is 0 Å². The SMILES string of the molecule is CC(C)CC1C(=O)NC(c2cnco2)CN1C(=O)c1noc(-c2ccc(F)cc2)n1. The summed E-state index contributed by atoms with van der Waals surface area (Å²) < 4.78 is 23.6. The van der Waals surface area contributed by atoms with Gasteiger partial charge in [0.05, 0.1) is 6.20 Å². The lowest BCUT2D eigenvalue weighted by Crippen LogP contribution is -2.58. The number of nitrogens with zero attached hydrogens (tertiary/aromatic N) is 4. The maximum absolute atomic E-state index is 13.2. The smallest absolute Gasteiger partial charge is 0.296 e. The summed E-state index contributed by atoms with van der Waals surface area (Å²) in [6.45, 7) is 4.12. The molecule has 1 N–H and O–H groups in total. The van der Waals surface area contributed by atoms with Gasteiger partial charge in [-0.3, -0.25) is 9.59 Å². The number of rotatable bonds is 5. The third-order valence-corrected chi connectivity index (χ3v) is 4.83. The van der Waals surface area contributed by atoms with Crippen molar-refractivity contribution in [1.29, 1.82) is 0 Å². The Morgan fingerprint density at radius 3 is 2.77 bits per heavy atom. The second-order valence-electron chi connectivity index (χ2n) is 7.50. The summed E-state index contributed by atoms with van der Waals surface area (Å²) >= 11 is 0. The number of halogens is 1. The number of oxazole rings is 1. The first-order chi connectivity index (χ1) is 14.4. The standard InChI is InChI=1S/C20H20FN5O4/c1-11(2)7-15-18(27)23-14(16-8-22-10-29-16)9-26(15)20(28)17-24-19(30-25-17)12-3-5-13(21)6-4-12/h3-6,8,10-11,14-15H,7,9H2,1-2H3,(H,23,27). The number of hydrogen-bond acceptors (Lipinski definition) is 7. The van der Waals surface area contributed by atoms with Crippen LogP contribution in [0.5, 0.6) is 0 Å². The van der Waals surface area contributed by atoms with E-state index in [1.165, 1.54) is 41.8 Å². The summed E-state index contributed by atoms with van der Waals surface area (Å²) in [5.41, 5.74) is 0.484. The van der Waals surface area contributed by atoms with Crippen LogP contribution in [0.15, 0.2) is 45.8 Å². The molecule has 0 bridgehead atoms. The molecule has 1 aromatic carbocycles. The number of carbonyl (C=O) groups is 2. The summed E-state index contributed by atoms with van der Waals surface area (Å²) in [6.07, 6.45) is 3.24. The molecular weight excluding hydrogens is 393 g/mol. The molecule has 1 aliphatic rings. The monoisotopic (exact) mass is 413 g/mol. The number of hydrogen-bond donors (Lipinski definition) is 1. The van der Waals surface area contributed by atoms with Crippen molar-refractivity contribution in [3.05, 3.63) is 54.3 Å². The quantitative estimate of drug-likeness (QED) is 0.684. The fraction of sp³-hybridized carbons (Fsp3) is 0.350. The molecule has 2 amide bonds. The molecule has 9 nitrogen and oxygen atoms in total. The van der Waals surface area contributed by atoms with Gasteiger partial charge in [-0.15, -0.1) is 0 Å². The van der Waals surface area contributed by atoms with E-state index in [2.05, 4.69) is 20.4 Å². The highest BCUT2D eigenvalue weighted by Crippen LogP contribution is 2.26. The van der Waals surface area contributed by atoms with E-state index in [0.29, 0.717) is 17.7 Å². The van der Waals surface area contributed by atoms with Crippen LogP contribution < -0.4 is 5.32 Å². The first-order valence-corrected chi connectivity index (χ1v) is 9.51. The lowest BCUT2D eigenvalue weighted by molar-refractivity contribution is -0.130. The number of carbonyl (C=O) groups excluding carboxylic acids is 2. The van der Waals surface area contributed by atoms with E-state index in [1.54, 1.807) is 0 Å². The Morgan fingerprint density at radius 1 is 1.33 bits per heavy atom. The molecule has 0 spiro atoms. The molecule has 0 aliphatic carbocycles. The predicted molar refractivity (Wildman–Crippen MR) is 101 cm³/mol. The average Bonchev–Trinajstić information content (AvgIpc) is 3.41. The van der Waals surface area contributed by atoms with E-state index in [0.717, 1.165) is 0 Å². The molecule has 2 unspecified atom stereocenters. The van der Waals surface area contributed by atoms with Crippen molar-refractivity contribution >= 4 is 11.8 Å². The Morgan fingerprint density at radius 2 is 2.10 bits per heavy atom. The van der Waals surface area contributed by atoms with Crippen molar-refractivity contribution in [3.8, 4) is 11.5 Å². The zero-order valence-electron chi connectivity index (χ0n) is 16.4. The van der Waals surface area contributed by atoms with Crippen LogP contribution in [-0.2, 0) is 4.79 Å². The fourth-order valence-electron chi connectivity index (χ4n) is 3.39. The van der Waals surface area contributed by atoms with E-state index in [9.17, 15) is 14.0 Å². The zero-order valence-corrected chi connectivity index (χ0v) is 16.4. The lowest BCUT2D eigenvalue weighted by atomic mass is 9.97. The van der Waals surface area contributed by atoms with Crippen LogP contribution in [0, 0.1) is 11.7 Å². The van der Waals surface area contributed by atoms with Crippen LogP contribution >= 0.6 is 0 Å². The number of aromatic nitrogens is 3. The van der Waals surface area contributed by atoms with Crippen molar-refractivity contribution in [2.75, 3.05) is 6.54 Å². The first kappa shape index (κ1) is 19.7. The summed E-state index contributed by atoms with van der Waals surface area (Å²) in [4.78, 5) is 35.4. The van der Waals surface area contributed by atoms with Gasteiger partial charge in [0, 0.05) is 12.1 Å². The molecule has 30 heavy (non-hydrogen) atoms. The van der Waals surface area contributed by atoms with Crippen molar-refractivity contribution in [2.45, 2.75) is 32.4 Å². The molecule has 4 rings (SSSR count). The van der Waals surface area contributed by atoms with E-state index in [4.69, 9.17) is 8.94 Å². The summed E-state index contributed by atoms with van der Waals surface area (Å²) in [5, 5.41) is 6.66. The number of amides is 2. The van der Waals surface area contributed by atoms with E-state index in [-0.39, 0.29) is 30.1 Å². The van der Waals surface area contributed by atoms with Gasteiger partial charge in [0.2, 0.25) is 5.91 Å². The van der Waals surface area contributed by atoms with Gasteiger partial charge in [0.15, 0.2) is 6.39 Å². The Kier molecular flexibility index (Phi) is 5.30. The molecule has 2 atom stereocenters. The third kappa shape index (κ3) is 3.93. The molecule has 3 aromatic rings. The van der Waals surface area contributed by atoms with Gasteiger partial charge in [0.25, 0.3) is 17.6 Å². The van der Waals surface area contributed by atoms with Gasteiger partial charge >= 0.3 is 0 Å². The minimum atomic E-state index is -0.676. The Hall–Kier alpha value is -3.56. The van der Waals surface area contributed by atoms with Crippen LogP contribution in [0.3, 0.4) is 0 Å². The Balaban J connectivity index is 1.61. The van der Waals surface area contributed by atoms with E-state index in [1.807, 2.05) is 13.8 Å². The highest BCUT2D eigenvalue weighted by atomic mass is 19.1. The van der Waals surface area contributed by atoms with Gasteiger partial charge in [-0.2, -0.15) is 4.98 Å². The average molecular weight is 413 g/mol. The van der Waals surface area contributed by atoms with Crippen LogP contribution in [0.4, 0.5) is 4.39 Å². The van der Waals surface area contributed by atoms with Crippen molar-refractivity contribution < 1.29 is 22.9 Å². The minimum Gasteiger partial charge on any atom is -0.446 e. The molecule has 0 saturated carbocycles. The highest BCUT2D eigenvalue weighted by molar-refractivity contribution is 5.96. The van der Waals surface area contributed by atoms with Crippen LogP contribution in [0.25, 0.3) is 11.5 Å². The summed E-state index contributed by atoms with van der Waals surface area (Å²) in [6, 6.07) is 4.27. The lowest BCUT2D eigenvalue weighted by Gasteiger charge is -2.38. The molecule has 10 heteroatoms. The number of piperazine rings is 1. The molecule has 156 valence electrons. The normalized spacial score (nSPS) is 19.2. The van der Waals surface area contributed by atoms with Crippen molar-refractivity contribution in [2.24, 2.45) is 5.92 Å². The molecule has 2 aromatic heterocycles. The minimum absolute atomic E-state index is 0.0898. The van der Waals surface area contributed by atoms with Gasteiger partial charge < -0.3 is 19.2 Å². The number of benzene rings is 1. The van der Waals surface area contributed by atoms with Gasteiger partial charge in [0.1, 0.15) is 23.7 Å². The second-order valence-corrected chi connectivity index (χ2v) is 7.50. The van der Waals surface area contributed by atoms with Gasteiger partial charge in [-0.25, -0.2) is 9.37 Å². The molecular formula is C20H20FN5O4. The van der Waals surface area contributed by atoms with Crippen LogP contribution in [-0.4, -0.2) is 44.4 Å². The third-order valence-electron chi connectivity index (χ3n) is 4.83. The topological polar surface area (TPSA) is 114 Å². The fourth-order valence-corrected chi connectivity index (χ4v) is 3.39. The Bertz CT molecular complexity index is 1030. The number of nitrogens with one attached hydrogen (secondary N) is 1. The van der Waals surface area contributed by atoms with Gasteiger partial charge in [-0.1, -0.05) is 19.0 Å². The largest absolute Gasteiger partial charge is 0.446 e. The highest BCUT2D eigenvalue weighted by Gasteiger charge is 2.40. The van der Waals surface area contributed by atoms with E-state index < -0.39 is 23.8 Å². The molecule has 3 heterocycles. The zero-order chi connectivity index (χ0) is 21.3. The predicted octanol–water partition coefficient (Wildman–Crippen LogP) is 2.59. The molecule has 1 aliphatic heterocycles. The van der Waals surface area contributed by atoms with E-state index >= 15 is 0 Å². The maximum atomic E-state index is 13.2. The Labute approximate surface area is 171 Å². The van der Waals surface area contributed by atoms with Crippen molar-refractivity contribution in [3.63, 3.8) is 0 Å². The first-order valence-electron chi connectivity index (χ1n) is 9.51. The summed E-state index contributed by atoms with van der Waals surface area (Å²) in [5.74, 6) is -0.670. The summed E-state index contributed by atoms with van der Waals surface area (Å²) in [7, 11) is 0.